The minimum atomic E-state index is -0.449. The first-order valence-corrected chi connectivity index (χ1v) is 10.4. The van der Waals surface area contributed by atoms with Gasteiger partial charge in [0.1, 0.15) is 29.8 Å². The summed E-state index contributed by atoms with van der Waals surface area (Å²) in [6.07, 6.45) is 1.51. The molecule has 0 aromatic heterocycles. The average molecular weight is 479 g/mol. The highest BCUT2D eigenvalue weighted by Crippen LogP contribution is 2.28. The maximum atomic E-state index is 13.7. The Morgan fingerprint density at radius 2 is 1.87 bits per heavy atom. The second-order valence-corrected chi connectivity index (χ2v) is 7.70. The second-order valence-electron chi connectivity index (χ2n) is 6.85. The van der Waals surface area contributed by atoms with Crippen LogP contribution in [0.15, 0.2) is 82.8 Å². The quantitative estimate of drug-likeness (QED) is 0.337. The molecule has 3 aromatic rings. The Bertz CT molecular complexity index is 1140. The summed E-state index contributed by atoms with van der Waals surface area (Å²) in [4.78, 5) is 12.5. The van der Waals surface area contributed by atoms with E-state index in [1.165, 1.54) is 12.1 Å². The lowest BCUT2D eigenvalue weighted by molar-refractivity contribution is -0.117. The molecule has 3 aromatic carbocycles. The Hall–Kier alpha value is -3.43. The number of hydrogen-bond donors (Lipinski definition) is 1. The molecule has 0 heterocycles. The Balaban J connectivity index is 1.69. The monoisotopic (exact) mass is 478 g/mol. The average Bonchev–Trinajstić information content (AvgIpc) is 2.78. The van der Waals surface area contributed by atoms with Gasteiger partial charge in [0, 0.05) is 5.56 Å². The van der Waals surface area contributed by atoms with Crippen LogP contribution in [-0.2, 0) is 11.4 Å². The van der Waals surface area contributed by atoms with Crippen LogP contribution in [0.1, 0.15) is 29.7 Å². The smallest absolute Gasteiger partial charge is 0.262 e. The largest absolute Gasteiger partial charge is 0.488 e. The van der Waals surface area contributed by atoms with E-state index in [4.69, 9.17) is 4.74 Å². The molecule has 6 heteroatoms. The van der Waals surface area contributed by atoms with E-state index < -0.39 is 5.91 Å². The fourth-order valence-electron chi connectivity index (χ4n) is 2.91. The van der Waals surface area contributed by atoms with Crippen molar-refractivity contribution in [2.24, 2.45) is 0 Å². The van der Waals surface area contributed by atoms with Crippen LogP contribution in [0.3, 0.4) is 0 Å². The van der Waals surface area contributed by atoms with Crippen molar-refractivity contribution in [1.82, 2.24) is 5.32 Å². The second kappa shape index (κ2) is 10.6. The molecule has 0 aliphatic rings. The molecule has 0 radical (unpaired) electrons. The van der Waals surface area contributed by atoms with E-state index in [-0.39, 0.29) is 24.0 Å². The van der Waals surface area contributed by atoms with Gasteiger partial charge in [-0.1, -0.05) is 54.6 Å². The van der Waals surface area contributed by atoms with Crippen molar-refractivity contribution in [2.75, 3.05) is 0 Å². The van der Waals surface area contributed by atoms with Gasteiger partial charge >= 0.3 is 0 Å². The van der Waals surface area contributed by atoms with E-state index in [2.05, 4.69) is 21.2 Å². The maximum absolute atomic E-state index is 13.7. The third-order valence-corrected chi connectivity index (χ3v) is 5.24. The van der Waals surface area contributed by atoms with Gasteiger partial charge in [0.15, 0.2) is 0 Å². The molecule has 1 N–H and O–H groups in total. The first kappa shape index (κ1) is 22.3. The number of carbonyl (C=O) groups is 1. The van der Waals surface area contributed by atoms with Crippen molar-refractivity contribution in [3.63, 3.8) is 0 Å². The molecule has 0 aliphatic carbocycles. The van der Waals surface area contributed by atoms with E-state index in [1.54, 1.807) is 36.4 Å². The number of benzene rings is 3. The molecule has 0 spiro atoms. The Kier molecular flexibility index (Phi) is 7.58. The van der Waals surface area contributed by atoms with Gasteiger partial charge in [-0.2, -0.15) is 5.26 Å². The minimum absolute atomic E-state index is 0.00490. The fraction of sp³-hybridized carbons (Fsp3) is 0.120. The lowest BCUT2D eigenvalue weighted by atomic mass is 10.1. The van der Waals surface area contributed by atoms with Crippen LogP contribution in [0, 0.1) is 17.1 Å². The van der Waals surface area contributed by atoms with E-state index in [0.717, 1.165) is 5.56 Å². The highest BCUT2D eigenvalue weighted by atomic mass is 79.9. The Morgan fingerprint density at radius 1 is 1.16 bits per heavy atom. The van der Waals surface area contributed by atoms with Gasteiger partial charge in [-0.15, -0.1) is 0 Å². The van der Waals surface area contributed by atoms with Gasteiger partial charge in [-0.25, -0.2) is 4.39 Å². The lowest BCUT2D eigenvalue weighted by Gasteiger charge is -2.14. The molecule has 1 atom stereocenters. The predicted molar refractivity (Wildman–Crippen MR) is 121 cm³/mol. The van der Waals surface area contributed by atoms with E-state index in [9.17, 15) is 14.4 Å². The summed E-state index contributed by atoms with van der Waals surface area (Å²) in [7, 11) is 0. The van der Waals surface area contributed by atoms with Crippen LogP contribution in [0.5, 0.6) is 5.75 Å². The molecule has 0 unspecified atom stereocenters. The molecule has 0 saturated heterocycles. The highest BCUT2D eigenvalue weighted by Gasteiger charge is 2.14. The molecule has 3 rings (SSSR count). The van der Waals surface area contributed by atoms with Crippen LogP contribution < -0.4 is 10.1 Å². The zero-order valence-electron chi connectivity index (χ0n) is 16.8. The number of nitrogens with one attached hydrogen (secondary N) is 1. The summed E-state index contributed by atoms with van der Waals surface area (Å²) in [5, 5.41) is 12.3. The van der Waals surface area contributed by atoms with Gasteiger partial charge in [0.05, 0.1) is 10.5 Å². The number of ether oxygens (including phenoxy) is 1. The molecule has 31 heavy (non-hydrogen) atoms. The Morgan fingerprint density at radius 3 is 2.55 bits per heavy atom. The first-order valence-electron chi connectivity index (χ1n) is 9.61. The van der Waals surface area contributed by atoms with Gasteiger partial charge < -0.3 is 10.1 Å². The van der Waals surface area contributed by atoms with Crippen LogP contribution >= 0.6 is 15.9 Å². The minimum Gasteiger partial charge on any atom is -0.488 e. The molecule has 0 bridgehead atoms. The van der Waals surface area contributed by atoms with Gasteiger partial charge in [-0.05, 0) is 58.3 Å². The van der Waals surface area contributed by atoms with Gasteiger partial charge in [-0.3, -0.25) is 4.79 Å². The van der Waals surface area contributed by atoms with E-state index >= 15 is 0 Å². The molecular formula is C25H20BrFN2O2. The number of hydrogen-bond acceptors (Lipinski definition) is 3. The van der Waals surface area contributed by atoms with Gasteiger partial charge in [0.2, 0.25) is 0 Å². The standard InChI is InChI=1S/C25H20BrFN2O2/c1-17(19-7-3-2-4-8-19)29-25(30)21(15-28)13-18-11-12-24(22(26)14-18)31-16-20-9-5-6-10-23(20)27/h2-14,17H,16H2,1H3,(H,29,30)/b21-13-/t17-/m0/s1. The molecule has 0 fully saturated rings. The Labute approximate surface area is 189 Å². The molecule has 156 valence electrons. The van der Waals surface area contributed by atoms with E-state index in [0.29, 0.717) is 21.3 Å². The summed E-state index contributed by atoms with van der Waals surface area (Å²) >= 11 is 3.43. The zero-order valence-corrected chi connectivity index (χ0v) is 18.4. The van der Waals surface area contributed by atoms with Crippen molar-refractivity contribution >= 4 is 27.9 Å². The highest BCUT2D eigenvalue weighted by molar-refractivity contribution is 9.10. The predicted octanol–water partition coefficient (Wildman–Crippen LogP) is 5.95. The third-order valence-electron chi connectivity index (χ3n) is 4.62. The normalized spacial score (nSPS) is 12.0. The number of carbonyl (C=O) groups excluding carboxylic acids is 1. The van der Waals surface area contributed by atoms with Crippen LogP contribution in [0.25, 0.3) is 6.08 Å². The topological polar surface area (TPSA) is 62.1 Å². The van der Waals surface area contributed by atoms with Crippen LogP contribution in [-0.4, -0.2) is 5.91 Å². The van der Waals surface area contributed by atoms with Crippen molar-refractivity contribution in [1.29, 1.82) is 5.26 Å². The van der Waals surface area contributed by atoms with Crippen molar-refractivity contribution in [2.45, 2.75) is 19.6 Å². The number of nitrogens with zero attached hydrogens (tertiary/aromatic N) is 1. The van der Waals surface area contributed by atoms with Crippen molar-refractivity contribution in [3.05, 3.63) is 105 Å². The SMILES string of the molecule is C[C@H](NC(=O)/C(C#N)=C\c1ccc(OCc2ccccc2F)c(Br)c1)c1ccccc1. The van der Waals surface area contributed by atoms with E-state index in [1.807, 2.05) is 43.3 Å². The molecular weight excluding hydrogens is 459 g/mol. The third kappa shape index (κ3) is 6.03. The number of nitriles is 1. The number of rotatable bonds is 7. The lowest BCUT2D eigenvalue weighted by Crippen LogP contribution is -2.27. The van der Waals surface area contributed by atoms with Crippen molar-refractivity contribution in [3.8, 4) is 11.8 Å². The van der Waals surface area contributed by atoms with Crippen LogP contribution in [0.4, 0.5) is 4.39 Å². The summed E-state index contributed by atoms with van der Waals surface area (Å²) < 4.78 is 20.1. The van der Waals surface area contributed by atoms with Crippen LogP contribution in [0.2, 0.25) is 0 Å². The molecule has 0 saturated carbocycles. The van der Waals surface area contributed by atoms with Gasteiger partial charge in [0.25, 0.3) is 5.91 Å². The number of amides is 1. The first-order chi connectivity index (χ1) is 15.0. The summed E-state index contributed by atoms with van der Waals surface area (Å²) in [5.41, 5.74) is 2.06. The molecule has 4 nitrogen and oxygen atoms in total. The summed E-state index contributed by atoms with van der Waals surface area (Å²) in [5.74, 6) is -0.247. The zero-order chi connectivity index (χ0) is 22.2. The maximum Gasteiger partial charge on any atom is 0.262 e. The van der Waals surface area contributed by atoms with Crippen molar-refractivity contribution < 1.29 is 13.9 Å². The summed E-state index contributed by atoms with van der Waals surface area (Å²) in [6, 6.07) is 22.8. The molecule has 1 amide bonds. The molecule has 0 aliphatic heterocycles. The summed E-state index contributed by atoms with van der Waals surface area (Å²) in [6.45, 7) is 1.95. The number of halogens is 2. The fourth-order valence-corrected chi connectivity index (χ4v) is 3.42.